The second-order valence-corrected chi connectivity index (χ2v) is 7.19. The van der Waals surface area contributed by atoms with E-state index in [1.165, 1.54) is 11.1 Å². The van der Waals surface area contributed by atoms with Crippen molar-refractivity contribution in [1.29, 1.82) is 5.41 Å². The molecule has 1 atom stereocenters. The number of aryl methyl sites for hydroxylation is 1. The van der Waals surface area contributed by atoms with E-state index in [0.717, 1.165) is 44.3 Å². The maximum Gasteiger partial charge on any atom is 0.490 e. The molecule has 2 rings (SSSR count). The molecule has 0 saturated heterocycles. The number of hydrogen-bond acceptors (Lipinski definition) is 4. The molecule has 1 unspecified atom stereocenters. The van der Waals surface area contributed by atoms with Gasteiger partial charge in [-0.05, 0) is 67.7 Å². The zero-order valence-corrected chi connectivity index (χ0v) is 17.0. The number of carboxylic acids is 2. The maximum absolute atomic E-state index is 10.9. The van der Waals surface area contributed by atoms with Crippen LogP contribution in [0, 0.1) is 11.3 Å². The first-order valence-electron chi connectivity index (χ1n) is 9.83. The molecular formula is C20H28F3N3O5. The van der Waals surface area contributed by atoms with E-state index < -0.39 is 18.1 Å². The monoisotopic (exact) mass is 447 g/mol. The molecule has 0 spiro atoms. The van der Waals surface area contributed by atoms with Crippen LogP contribution in [-0.2, 0) is 22.4 Å². The molecule has 11 heteroatoms. The normalized spacial score (nSPS) is 15.5. The number of hydrogen-bond donors (Lipinski definition) is 5. The highest BCUT2D eigenvalue weighted by Gasteiger charge is 2.38. The number of alkyl halides is 3. The van der Waals surface area contributed by atoms with E-state index in [9.17, 15) is 18.0 Å². The summed E-state index contributed by atoms with van der Waals surface area (Å²) in [6.07, 6.45) is 0.820. The molecule has 1 aromatic rings. The second kappa shape index (κ2) is 12.7. The minimum absolute atomic E-state index is 0.00266. The van der Waals surface area contributed by atoms with Crippen LogP contribution in [0.1, 0.15) is 43.2 Å². The van der Waals surface area contributed by atoms with Crippen molar-refractivity contribution >= 4 is 17.9 Å². The summed E-state index contributed by atoms with van der Waals surface area (Å²) >= 11 is 0. The van der Waals surface area contributed by atoms with E-state index in [-0.39, 0.29) is 18.3 Å². The lowest BCUT2D eigenvalue weighted by Gasteiger charge is -2.13. The number of carbonyl (C=O) groups is 2. The van der Waals surface area contributed by atoms with Crippen LogP contribution in [0.15, 0.2) is 18.2 Å². The molecule has 1 aromatic carbocycles. The average Bonchev–Trinajstić information content (AvgIpc) is 2.84. The summed E-state index contributed by atoms with van der Waals surface area (Å²) in [7, 11) is 0. The van der Waals surface area contributed by atoms with Gasteiger partial charge in [0.25, 0.3) is 0 Å². The molecule has 0 amide bonds. The Morgan fingerprint density at radius 1 is 1.23 bits per heavy atom. The molecule has 0 aromatic heterocycles. The summed E-state index contributed by atoms with van der Waals surface area (Å²) < 4.78 is 37.5. The molecule has 0 bridgehead atoms. The molecule has 0 fully saturated rings. The van der Waals surface area contributed by atoms with Crippen molar-refractivity contribution in [1.82, 2.24) is 5.32 Å². The summed E-state index contributed by atoms with van der Waals surface area (Å²) in [4.78, 5) is 19.8. The third kappa shape index (κ3) is 11.1. The Kier molecular flexibility index (Phi) is 10.6. The fourth-order valence-corrected chi connectivity index (χ4v) is 3.18. The highest BCUT2D eigenvalue weighted by atomic mass is 19.4. The summed E-state index contributed by atoms with van der Waals surface area (Å²) in [5.41, 5.74) is 7.77. The molecule has 8 nitrogen and oxygen atoms in total. The number of carboxylic acid groups (broad SMARTS) is 2. The van der Waals surface area contributed by atoms with Crippen molar-refractivity contribution in [2.75, 3.05) is 13.2 Å². The Bertz CT molecular complexity index is 756. The molecular weight excluding hydrogens is 419 g/mol. The van der Waals surface area contributed by atoms with Crippen molar-refractivity contribution in [3.8, 4) is 5.75 Å². The fraction of sp³-hybridized carbons (Fsp3) is 0.550. The number of fused-ring (bicyclic) bond motifs is 1. The highest BCUT2D eigenvalue weighted by molar-refractivity contribution is 5.74. The van der Waals surface area contributed by atoms with Crippen molar-refractivity contribution < 1.29 is 37.7 Å². The Hall–Kier alpha value is -2.98. The number of ether oxygens (including phenoxy) is 1. The van der Waals surface area contributed by atoms with Crippen molar-refractivity contribution in [2.45, 2.75) is 51.1 Å². The molecule has 6 N–H and O–H groups in total. The van der Waals surface area contributed by atoms with Gasteiger partial charge in [0.2, 0.25) is 0 Å². The molecule has 0 saturated carbocycles. The summed E-state index contributed by atoms with van der Waals surface area (Å²) in [6, 6.07) is 6.17. The highest BCUT2D eigenvalue weighted by Crippen LogP contribution is 2.29. The topological polar surface area (TPSA) is 146 Å². The third-order valence-electron chi connectivity index (χ3n) is 4.61. The van der Waals surface area contributed by atoms with Gasteiger partial charge in [0.1, 0.15) is 5.75 Å². The van der Waals surface area contributed by atoms with E-state index >= 15 is 0 Å². The zero-order valence-electron chi connectivity index (χ0n) is 17.0. The van der Waals surface area contributed by atoms with Crippen LogP contribution >= 0.6 is 0 Å². The standard InChI is InChI=1S/C18H27N3O3.C2HF3O2/c19-18(20)21-8-1-2-9-24-16-7-6-15-10-13(11-17(22)23)4-3-5-14(15)12-16;3-2(4,5)1(6)7/h6-7,12-13H,1-5,8-11H2,(H,22,23)(H4,19,20,21);(H,6,7). The minimum atomic E-state index is -5.08. The van der Waals surface area contributed by atoms with E-state index in [1.54, 1.807) is 0 Å². The van der Waals surface area contributed by atoms with Crippen LogP contribution in [0.3, 0.4) is 0 Å². The molecule has 1 aliphatic carbocycles. The first-order chi connectivity index (χ1) is 14.5. The van der Waals surface area contributed by atoms with Gasteiger partial charge in [-0.1, -0.05) is 6.07 Å². The van der Waals surface area contributed by atoms with Gasteiger partial charge in [-0.2, -0.15) is 13.2 Å². The molecule has 174 valence electrons. The minimum Gasteiger partial charge on any atom is -0.494 e. The first kappa shape index (κ1) is 26.1. The Morgan fingerprint density at radius 3 is 2.48 bits per heavy atom. The smallest absolute Gasteiger partial charge is 0.490 e. The van der Waals surface area contributed by atoms with Gasteiger partial charge in [-0.25, -0.2) is 4.79 Å². The number of aliphatic carboxylic acids is 2. The fourth-order valence-electron chi connectivity index (χ4n) is 3.18. The Labute approximate surface area is 178 Å². The maximum atomic E-state index is 10.9. The molecule has 1 aliphatic rings. The van der Waals surface area contributed by atoms with E-state index in [0.29, 0.717) is 13.2 Å². The van der Waals surface area contributed by atoms with Crippen molar-refractivity contribution in [2.24, 2.45) is 11.7 Å². The molecule has 0 heterocycles. The van der Waals surface area contributed by atoms with Crippen molar-refractivity contribution in [3.05, 3.63) is 29.3 Å². The van der Waals surface area contributed by atoms with E-state index in [2.05, 4.69) is 17.4 Å². The number of nitrogens with two attached hydrogens (primary N) is 1. The van der Waals surface area contributed by atoms with Crippen molar-refractivity contribution in [3.63, 3.8) is 0 Å². The van der Waals surface area contributed by atoms with Crippen LogP contribution in [-0.4, -0.2) is 47.4 Å². The quantitative estimate of drug-likeness (QED) is 0.178. The van der Waals surface area contributed by atoms with Crippen LogP contribution in [0.4, 0.5) is 13.2 Å². The average molecular weight is 447 g/mol. The van der Waals surface area contributed by atoms with Crippen LogP contribution in [0.5, 0.6) is 5.75 Å². The Morgan fingerprint density at radius 2 is 1.90 bits per heavy atom. The van der Waals surface area contributed by atoms with Gasteiger partial charge in [-0.15, -0.1) is 0 Å². The number of rotatable bonds is 8. The van der Waals surface area contributed by atoms with E-state index in [4.69, 9.17) is 30.9 Å². The van der Waals surface area contributed by atoms with Crippen LogP contribution in [0.2, 0.25) is 0 Å². The van der Waals surface area contributed by atoms with Gasteiger partial charge in [-0.3, -0.25) is 10.2 Å². The van der Waals surface area contributed by atoms with Crippen LogP contribution < -0.4 is 15.8 Å². The van der Waals surface area contributed by atoms with Gasteiger partial charge >= 0.3 is 18.1 Å². The number of nitrogens with one attached hydrogen (secondary N) is 2. The number of unbranched alkanes of at least 4 members (excludes halogenated alkanes) is 1. The van der Waals surface area contributed by atoms with Gasteiger partial charge in [0.05, 0.1) is 6.61 Å². The lowest BCUT2D eigenvalue weighted by atomic mass is 9.94. The summed E-state index contributed by atoms with van der Waals surface area (Å²) in [6.45, 7) is 1.33. The largest absolute Gasteiger partial charge is 0.494 e. The SMILES string of the molecule is N=C(N)NCCCCOc1ccc2c(c1)CCCC(CC(=O)O)C2.O=C(O)C(F)(F)F. The summed E-state index contributed by atoms with van der Waals surface area (Å²) in [5, 5.41) is 26.0. The molecule has 0 aliphatic heterocycles. The van der Waals surface area contributed by atoms with Gasteiger partial charge in [0.15, 0.2) is 5.96 Å². The summed E-state index contributed by atoms with van der Waals surface area (Å²) in [5.74, 6) is -2.34. The Balaban J connectivity index is 0.000000592. The predicted octanol–water partition coefficient (Wildman–Crippen LogP) is 2.93. The second-order valence-electron chi connectivity index (χ2n) is 7.19. The zero-order chi connectivity index (χ0) is 23.4. The number of benzene rings is 1. The van der Waals surface area contributed by atoms with Gasteiger partial charge < -0.3 is 26.0 Å². The van der Waals surface area contributed by atoms with Crippen LogP contribution in [0.25, 0.3) is 0 Å². The van der Waals surface area contributed by atoms with E-state index in [1.807, 2.05) is 6.07 Å². The molecule has 31 heavy (non-hydrogen) atoms. The van der Waals surface area contributed by atoms with Gasteiger partial charge in [0, 0.05) is 13.0 Å². The number of halogens is 3. The lowest BCUT2D eigenvalue weighted by molar-refractivity contribution is -0.192. The molecule has 0 radical (unpaired) electrons. The first-order valence-corrected chi connectivity index (χ1v) is 9.83. The third-order valence-corrected chi connectivity index (χ3v) is 4.61. The lowest BCUT2D eigenvalue weighted by Crippen LogP contribution is -2.31. The number of guanidine groups is 1. The predicted molar refractivity (Wildman–Crippen MR) is 107 cm³/mol.